The highest BCUT2D eigenvalue weighted by molar-refractivity contribution is 9.10. The number of alkyl halides is 1. The molecule has 0 rings (SSSR count). The van der Waals surface area contributed by atoms with E-state index < -0.39 is 0 Å². The van der Waals surface area contributed by atoms with Gasteiger partial charge in [-0.1, -0.05) is 49.5 Å². The van der Waals surface area contributed by atoms with Crippen LogP contribution in [0.4, 0.5) is 0 Å². The zero-order valence-electron chi connectivity index (χ0n) is 9.18. The van der Waals surface area contributed by atoms with Gasteiger partial charge in [0.05, 0.1) is 0 Å². The van der Waals surface area contributed by atoms with Gasteiger partial charge >= 0.3 is 0 Å². The third kappa shape index (κ3) is 7.71. The van der Waals surface area contributed by atoms with Crippen molar-refractivity contribution in [3.63, 3.8) is 0 Å². The van der Waals surface area contributed by atoms with Crippen molar-refractivity contribution in [3.8, 4) is 0 Å². The Morgan fingerprint density at radius 2 is 1.69 bits per heavy atom. The Bertz CT molecular complexity index is 105. The van der Waals surface area contributed by atoms with Crippen molar-refractivity contribution in [1.82, 2.24) is 0 Å². The zero-order chi connectivity index (χ0) is 10.1. The number of hydrogen-bond acceptors (Lipinski definition) is 1. The van der Waals surface area contributed by atoms with Crippen molar-refractivity contribution in [1.29, 1.82) is 0 Å². The lowest BCUT2D eigenvalue weighted by atomic mass is 10.1. The van der Waals surface area contributed by atoms with E-state index in [1.54, 1.807) is 0 Å². The Balaban J connectivity index is 3.55. The lowest BCUT2D eigenvalue weighted by molar-refractivity contribution is 0.187. The van der Waals surface area contributed by atoms with Crippen LogP contribution in [-0.2, 0) is 4.43 Å². The average Bonchev–Trinajstić information content (AvgIpc) is 2.14. The van der Waals surface area contributed by atoms with E-state index in [1.807, 2.05) is 0 Å². The van der Waals surface area contributed by atoms with E-state index in [4.69, 9.17) is 4.43 Å². The molecule has 1 unspecified atom stereocenters. The van der Waals surface area contributed by atoms with Crippen molar-refractivity contribution in [3.05, 3.63) is 0 Å². The predicted molar refractivity (Wildman–Crippen MR) is 66.2 cm³/mol. The van der Waals surface area contributed by atoms with E-state index in [-0.39, 0.29) is 9.76 Å². The lowest BCUT2D eigenvalue weighted by Gasteiger charge is -2.18. The third-order valence-corrected chi connectivity index (χ3v) is 5.22. The molecular formula is C10H23BrOSi. The van der Waals surface area contributed by atoms with E-state index in [0.717, 1.165) is 0 Å². The second-order valence-electron chi connectivity index (χ2n) is 3.54. The molecule has 0 aliphatic rings. The van der Waals surface area contributed by atoms with Crippen molar-refractivity contribution >= 4 is 25.7 Å². The average molecular weight is 267 g/mol. The molecule has 3 heteroatoms. The summed E-state index contributed by atoms with van der Waals surface area (Å²) in [6, 6.07) is 0. The topological polar surface area (TPSA) is 9.23 Å². The highest BCUT2D eigenvalue weighted by Crippen LogP contribution is 2.11. The summed E-state index contributed by atoms with van der Waals surface area (Å²) in [4.78, 5) is 0. The van der Waals surface area contributed by atoms with Gasteiger partial charge in [0.25, 0.3) is 0 Å². The summed E-state index contributed by atoms with van der Waals surface area (Å²) in [6.07, 6.45) is 6.73. The van der Waals surface area contributed by atoms with Gasteiger partial charge in [0.1, 0.15) is 0 Å². The van der Waals surface area contributed by atoms with Gasteiger partial charge in [-0.15, -0.1) is 0 Å². The first-order valence-electron chi connectivity index (χ1n) is 5.50. The molecule has 0 spiro atoms. The van der Waals surface area contributed by atoms with E-state index in [1.165, 1.54) is 32.1 Å². The van der Waals surface area contributed by atoms with Gasteiger partial charge in [0.15, 0.2) is 9.76 Å². The molecule has 1 nitrogen and oxygen atoms in total. The van der Waals surface area contributed by atoms with Gasteiger partial charge in [0.2, 0.25) is 0 Å². The van der Waals surface area contributed by atoms with E-state index >= 15 is 0 Å². The van der Waals surface area contributed by atoms with Crippen LogP contribution in [0, 0.1) is 0 Å². The molecule has 13 heavy (non-hydrogen) atoms. The minimum absolute atomic E-state index is 0.336. The molecule has 0 aliphatic carbocycles. The van der Waals surface area contributed by atoms with Crippen LogP contribution in [0.1, 0.15) is 52.9 Å². The molecule has 0 aromatic rings. The molecule has 0 N–H and O–H groups in total. The van der Waals surface area contributed by atoms with Crippen LogP contribution in [-0.4, -0.2) is 20.3 Å². The fourth-order valence-electron chi connectivity index (χ4n) is 1.31. The first-order valence-corrected chi connectivity index (χ1v) is 7.81. The van der Waals surface area contributed by atoms with Crippen molar-refractivity contribution in [2.45, 2.75) is 63.4 Å². The molecule has 0 amide bonds. The monoisotopic (exact) mass is 266 g/mol. The first-order chi connectivity index (χ1) is 6.24. The van der Waals surface area contributed by atoms with E-state index in [9.17, 15) is 0 Å². The lowest BCUT2D eigenvalue weighted by Crippen LogP contribution is -2.21. The molecular weight excluding hydrogens is 244 g/mol. The quantitative estimate of drug-likeness (QED) is 0.485. The van der Waals surface area contributed by atoms with Crippen LogP contribution in [0.5, 0.6) is 0 Å². The van der Waals surface area contributed by atoms with Gasteiger partial charge in [-0.05, 0) is 19.3 Å². The molecule has 0 fully saturated rings. The normalized spacial score (nSPS) is 14.5. The van der Waals surface area contributed by atoms with Crippen LogP contribution in [0.25, 0.3) is 0 Å². The van der Waals surface area contributed by atoms with E-state index in [0.29, 0.717) is 10.6 Å². The van der Waals surface area contributed by atoms with E-state index in [2.05, 4.69) is 36.7 Å². The maximum atomic E-state index is 5.97. The Labute approximate surface area is 93.7 Å². The van der Waals surface area contributed by atoms with Gasteiger partial charge in [-0.2, -0.15) is 0 Å². The smallest absolute Gasteiger partial charge is 0.175 e. The fraction of sp³-hybridized carbons (Fsp3) is 1.00. The molecule has 0 aliphatic heterocycles. The maximum absolute atomic E-state index is 5.97. The molecule has 0 radical (unpaired) electrons. The Kier molecular flexibility index (Phi) is 9.69. The molecule has 0 saturated heterocycles. The SMILES string of the molecule is CCCC(CCC)O[SiH2]C(Br)CC. The summed E-state index contributed by atoms with van der Waals surface area (Å²) in [5.41, 5.74) is 0. The van der Waals surface area contributed by atoms with Gasteiger partial charge in [-0.25, -0.2) is 0 Å². The summed E-state index contributed by atoms with van der Waals surface area (Å²) in [7, 11) is -0.336. The first kappa shape index (κ1) is 13.7. The van der Waals surface area contributed by atoms with Crippen LogP contribution in [0.3, 0.4) is 0 Å². The van der Waals surface area contributed by atoms with Gasteiger partial charge in [-0.3, -0.25) is 0 Å². The Hall–Kier alpha value is 0.657. The maximum Gasteiger partial charge on any atom is 0.175 e. The van der Waals surface area contributed by atoms with Crippen LogP contribution in [0.2, 0.25) is 0 Å². The summed E-state index contributed by atoms with van der Waals surface area (Å²) < 4.78 is 6.64. The largest absolute Gasteiger partial charge is 0.420 e. The summed E-state index contributed by atoms with van der Waals surface area (Å²) in [5, 5.41) is 0. The number of rotatable bonds is 8. The zero-order valence-corrected chi connectivity index (χ0v) is 12.2. The van der Waals surface area contributed by atoms with Crippen molar-refractivity contribution < 1.29 is 4.43 Å². The Morgan fingerprint density at radius 3 is 2.08 bits per heavy atom. The molecule has 0 aromatic heterocycles. The molecule has 0 bridgehead atoms. The molecule has 1 atom stereocenters. The molecule has 0 saturated carbocycles. The second kappa shape index (κ2) is 9.22. The summed E-state index contributed by atoms with van der Waals surface area (Å²) in [6.45, 7) is 6.68. The third-order valence-electron chi connectivity index (χ3n) is 2.18. The van der Waals surface area contributed by atoms with Crippen LogP contribution in [0.15, 0.2) is 0 Å². The summed E-state index contributed by atoms with van der Waals surface area (Å²) in [5.74, 6) is 0. The Morgan fingerprint density at radius 1 is 1.15 bits per heavy atom. The highest BCUT2D eigenvalue weighted by Gasteiger charge is 2.09. The molecule has 80 valence electrons. The van der Waals surface area contributed by atoms with Gasteiger partial charge < -0.3 is 4.43 Å². The summed E-state index contributed by atoms with van der Waals surface area (Å²) >= 11 is 3.64. The predicted octanol–water partition coefficient (Wildman–Crippen LogP) is 3.19. The fourth-order valence-corrected chi connectivity index (χ4v) is 2.82. The van der Waals surface area contributed by atoms with Crippen LogP contribution >= 0.6 is 15.9 Å². The van der Waals surface area contributed by atoms with Crippen molar-refractivity contribution in [2.24, 2.45) is 0 Å². The standard InChI is InChI=1S/C10H23BrOSi/c1-4-7-9(8-5-2)12-13-10(11)6-3/h9-10H,4-8,13H2,1-3H3. The van der Waals surface area contributed by atoms with Gasteiger partial charge in [0, 0.05) is 10.6 Å². The minimum atomic E-state index is -0.336. The van der Waals surface area contributed by atoms with Crippen LogP contribution < -0.4 is 0 Å². The molecule has 0 aromatic carbocycles. The highest BCUT2D eigenvalue weighted by atomic mass is 79.9. The van der Waals surface area contributed by atoms with Crippen molar-refractivity contribution in [2.75, 3.05) is 0 Å². The second-order valence-corrected chi connectivity index (χ2v) is 7.68. The molecule has 0 heterocycles. The number of hydrogen-bond donors (Lipinski definition) is 0. The minimum Gasteiger partial charge on any atom is -0.420 e. The number of halogens is 1.